The minimum atomic E-state index is -4.64. The molecule has 0 unspecified atom stereocenters. The van der Waals surface area contributed by atoms with Gasteiger partial charge in [-0.15, -0.1) is 0 Å². The van der Waals surface area contributed by atoms with Gasteiger partial charge in [-0.1, -0.05) is 0 Å². The summed E-state index contributed by atoms with van der Waals surface area (Å²) in [5.74, 6) is 0. The van der Waals surface area contributed by atoms with Gasteiger partial charge in [0, 0.05) is 0 Å². The first-order chi connectivity index (χ1) is 4.00. The fourth-order valence-electron chi connectivity index (χ4n) is 0. The van der Waals surface area contributed by atoms with Crippen LogP contribution in [0.15, 0.2) is 0 Å². The van der Waals surface area contributed by atoms with Crippen molar-refractivity contribution in [3.8, 4) is 0 Å². The third kappa shape index (κ3) is 352. The van der Waals surface area contributed by atoms with Crippen LogP contribution in [-0.4, -0.2) is 78.2 Å². The van der Waals surface area contributed by atoms with Crippen molar-refractivity contribution in [1.82, 2.24) is 0 Å². The van der Waals surface area contributed by atoms with Crippen molar-refractivity contribution < 1.29 is 41.3 Å². The molecule has 0 bridgehead atoms. The Morgan fingerprint density at radius 2 is 0.727 bits per heavy atom. The van der Waals surface area contributed by atoms with Gasteiger partial charge in [0.2, 0.25) is 0 Å². The van der Waals surface area contributed by atoms with E-state index in [-0.39, 0.29) is 51.7 Å². The third-order valence-corrected chi connectivity index (χ3v) is 0. The van der Waals surface area contributed by atoms with E-state index in [4.69, 9.17) is 38.5 Å². The molecule has 0 amide bonds. The zero-order valence-corrected chi connectivity index (χ0v) is 11.3. The molecule has 11 heavy (non-hydrogen) atoms. The summed E-state index contributed by atoms with van der Waals surface area (Å²) in [5.41, 5.74) is 0. The predicted molar refractivity (Wildman–Crippen MR) is 36.5 cm³/mol. The van der Waals surface area contributed by atoms with Crippen LogP contribution in [0.2, 0.25) is 0 Å². The van der Waals surface area contributed by atoms with Crippen molar-refractivity contribution in [1.29, 1.82) is 0 Å². The van der Waals surface area contributed by atoms with Crippen molar-refractivity contribution in [2.45, 2.75) is 0 Å². The smallest absolute Gasteiger partial charge is 1.00 e. The van der Waals surface area contributed by atoms with E-state index >= 15 is 0 Å². The number of phosphoric acid groups is 2. The Bertz CT molecular complexity index is 132. The van der Waals surface area contributed by atoms with E-state index in [1.54, 1.807) is 0 Å². The van der Waals surface area contributed by atoms with E-state index in [0.717, 1.165) is 0 Å². The molecule has 0 saturated heterocycles. The van der Waals surface area contributed by atoms with Gasteiger partial charge in [0.15, 0.2) is 0 Å². The van der Waals surface area contributed by atoms with Gasteiger partial charge in [-0.05, 0) is 0 Å². The molecule has 0 aromatic heterocycles. The maximum atomic E-state index is 8.88. The Kier molecular flexibility index (Phi) is 12.2. The fraction of sp³-hybridized carbons (Fsp3) is 0. The second-order valence-corrected chi connectivity index (χ2v) is 3.08. The van der Waals surface area contributed by atoms with Crippen LogP contribution in [0, 0.1) is 0 Å². The van der Waals surface area contributed by atoms with Crippen LogP contribution in [-0.2, 0) is 9.13 Å². The van der Waals surface area contributed by atoms with E-state index in [1.165, 1.54) is 0 Å². The van der Waals surface area contributed by atoms with Crippen molar-refractivity contribution in [2.75, 3.05) is 0 Å². The molecule has 8 nitrogen and oxygen atoms in total. The van der Waals surface area contributed by atoms with Crippen molar-refractivity contribution in [3.05, 3.63) is 0 Å². The monoisotopic (exact) mass is 336 g/mol. The van der Waals surface area contributed by atoms with Crippen molar-refractivity contribution >= 4 is 64.5 Å². The summed E-state index contributed by atoms with van der Waals surface area (Å²) in [7, 11) is -9.28. The maximum Gasteiger partial charge on any atom is 2.00 e. The molecule has 0 spiro atoms. The van der Waals surface area contributed by atoms with E-state index < -0.39 is 15.6 Å². The van der Waals surface area contributed by atoms with Crippen LogP contribution in [0.1, 0.15) is 2.85 Å². The molecule has 0 saturated carbocycles. The van der Waals surface area contributed by atoms with Crippen LogP contribution in [0.3, 0.4) is 0 Å². The van der Waals surface area contributed by atoms with Gasteiger partial charge < -0.3 is 32.2 Å². The Labute approximate surface area is 105 Å². The third-order valence-electron chi connectivity index (χ3n) is 0. The molecule has 11 heteroatoms. The molecule has 0 atom stereocenters. The van der Waals surface area contributed by atoms with Gasteiger partial charge >= 0.3 is 64.5 Å². The van der Waals surface area contributed by atoms with Crippen LogP contribution in [0.5, 0.6) is 0 Å². The molecular formula is H8BaO8P2. The summed E-state index contributed by atoms with van der Waals surface area (Å²) in [6.45, 7) is 0. The van der Waals surface area contributed by atoms with Gasteiger partial charge in [0.1, 0.15) is 0 Å². The van der Waals surface area contributed by atoms with Crippen molar-refractivity contribution in [2.24, 2.45) is 0 Å². The van der Waals surface area contributed by atoms with Gasteiger partial charge in [0.25, 0.3) is 0 Å². The second kappa shape index (κ2) is 7.22. The van der Waals surface area contributed by atoms with Crippen LogP contribution >= 0.6 is 15.6 Å². The first-order valence-corrected chi connectivity index (χ1v) is 4.70. The number of hydrogen-bond acceptors (Lipinski definition) is 2. The largest absolute Gasteiger partial charge is 2.00 e. The zero-order valence-electron chi connectivity index (χ0n) is 7.10. The van der Waals surface area contributed by atoms with Crippen LogP contribution in [0.4, 0.5) is 0 Å². The van der Waals surface area contributed by atoms with Crippen LogP contribution < -0.4 is 0 Å². The second-order valence-electron chi connectivity index (χ2n) is 1.03. The van der Waals surface area contributed by atoms with E-state index in [1.807, 2.05) is 0 Å². The summed E-state index contributed by atoms with van der Waals surface area (Å²) >= 11 is 0. The molecule has 0 aliphatic heterocycles. The first kappa shape index (κ1) is 18.6. The van der Waals surface area contributed by atoms with Crippen molar-refractivity contribution in [3.63, 3.8) is 0 Å². The molecule has 0 aromatic rings. The summed E-state index contributed by atoms with van der Waals surface area (Å²) in [6.07, 6.45) is 0. The summed E-state index contributed by atoms with van der Waals surface area (Å²) in [4.78, 5) is 43.1. The summed E-state index contributed by atoms with van der Waals surface area (Å²) in [5, 5.41) is 0. The zero-order chi connectivity index (χ0) is 9.00. The molecule has 0 radical (unpaired) electrons. The molecule has 0 fully saturated rings. The minimum absolute atomic E-state index is 0. The SMILES string of the molecule is O=P(O)(O)O.O=P(O)(O)O.[Ba+2].[H-].[H-]. The van der Waals surface area contributed by atoms with E-state index in [0.29, 0.717) is 0 Å². The van der Waals surface area contributed by atoms with Gasteiger partial charge in [-0.25, -0.2) is 9.13 Å². The molecule has 6 N–H and O–H groups in total. The average molecular weight is 335 g/mol. The standard InChI is InChI=1S/Ba.2H3O4P.2H/c;2*1-5(2,3)4;;/h;2*(H3,1,2,3,4);;/q+2;;;2*-1. The Morgan fingerprint density at radius 1 is 0.727 bits per heavy atom. The van der Waals surface area contributed by atoms with E-state index in [2.05, 4.69) is 0 Å². The summed E-state index contributed by atoms with van der Waals surface area (Å²) in [6, 6.07) is 0. The molecule has 0 aromatic carbocycles. The molecular weight excluding hydrogens is 327 g/mol. The Balaban J connectivity index is -0.0000000267. The van der Waals surface area contributed by atoms with E-state index in [9.17, 15) is 0 Å². The fourth-order valence-corrected chi connectivity index (χ4v) is 0. The maximum absolute atomic E-state index is 8.88. The topological polar surface area (TPSA) is 156 Å². The van der Waals surface area contributed by atoms with Gasteiger partial charge in [-0.3, -0.25) is 0 Å². The quantitative estimate of drug-likeness (QED) is 0.219. The Morgan fingerprint density at radius 3 is 0.727 bits per heavy atom. The molecule has 0 heterocycles. The minimum Gasteiger partial charge on any atom is -1.00 e. The molecule has 0 aliphatic rings. The van der Waals surface area contributed by atoms with Crippen LogP contribution in [0.25, 0.3) is 0 Å². The molecule has 0 aliphatic carbocycles. The number of hydrogen-bond donors (Lipinski definition) is 6. The predicted octanol–water partition coefficient (Wildman–Crippen LogP) is -2.01. The average Bonchev–Trinajstić information content (AvgIpc) is 1.12. The Hall–Kier alpha value is 1.79. The van der Waals surface area contributed by atoms with Gasteiger partial charge in [-0.2, -0.15) is 0 Å². The molecule has 68 valence electrons. The normalized spacial score (nSPS) is 10.7. The first-order valence-electron chi connectivity index (χ1n) is 1.57. The summed E-state index contributed by atoms with van der Waals surface area (Å²) < 4.78 is 17.8. The number of rotatable bonds is 0. The van der Waals surface area contributed by atoms with Gasteiger partial charge in [0.05, 0.1) is 0 Å². The molecule has 0 rings (SSSR count).